The molecule has 31 heavy (non-hydrogen) atoms. The summed E-state index contributed by atoms with van der Waals surface area (Å²) in [5.74, 6) is 1.91. The zero-order valence-electron chi connectivity index (χ0n) is 19.4. The number of carbonyl (C=O) groups excluding carboxylic acids is 1. The van der Waals surface area contributed by atoms with Gasteiger partial charge in [0.1, 0.15) is 12.4 Å². The van der Waals surface area contributed by atoms with Crippen LogP contribution in [0.5, 0.6) is 5.75 Å². The third-order valence-electron chi connectivity index (χ3n) is 5.37. The van der Waals surface area contributed by atoms with Crippen LogP contribution in [0.25, 0.3) is 0 Å². The first-order valence-electron chi connectivity index (χ1n) is 11.1. The Hall–Kier alpha value is -1.55. The van der Waals surface area contributed by atoms with E-state index in [9.17, 15) is 4.79 Å². The minimum absolute atomic E-state index is 0. The lowest BCUT2D eigenvalue weighted by Gasteiger charge is -2.27. The largest absolute Gasteiger partial charge is 0.491 e. The summed E-state index contributed by atoms with van der Waals surface area (Å²) in [7, 11) is 1.77. The average Bonchev–Trinajstić information content (AvgIpc) is 3.17. The molecule has 8 heteroatoms. The van der Waals surface area contributed by atoms with E-state index in [0.29, 0.717) is 44.7 Å². The fourth-order valence-electron chi connectivity index (χ4n) is 3.69. The maximum absolute atomic E-state index is 12.0. The van der Waals surface area contributed by atoms with Crippen molar-refractivity contribution in [2.45, 2.75) is 59.0 Å². The van der Waals surface area contributed by atoms with Crippen molar-refractivity contribution in [2.24, 2.45) is 4.99 Å². The van der Waals surface area contributed by atoms with Gasteiger partial charge in [-0.15, -0.1) is 24.0 Å². The molecule has 1 aromatic carbocycles. The minimum atomic E-state index is 0. The van der Waals surface area contributed by atoms with Gasteiger partial charge in [0.25, 0.3) is 0 Å². The van der Waals surface area contributed by atoms with Crippen LogP contribution in [0.1, 0.15) is 50.7 Å². The molecular weight excluding hydrogens is 507 g/mol. The first kappa shape index (κ1) is 27.5. The number of hydrogen-bond acceptors (Lipinski definition) is 4. The molecule has 1 heterocycles. The van der Waals surface area contributed by atoms with Crippen molar-refractivity contribution in [3.8, 4) is 5.75 Å². The Kier molecular flexibility index (Phi) is 13.6. The molecule has 2 N–H and O–H groups in total. The fraction of sp³-hybridized carbons (Fsp3) is 0.652. The number of ether oxygens (including phenoxy) is 2. The summed E-state index contributed by atoms with van der Waals surface area (Å²) in [6.07, 6.45) is 3.57. The summed E-state index contributed by atoms with van der Waals surface area (Å²) in [5, 5.41) is 6.74. The zero-order valence-corrected chi connectivity index (χ0v) is 21.7. The van der Waals surface area contributed by atoms with Gasteiger partial charge in [0.2, 0.25) is 5.91 Å². The number of aliphatic imine (C=N–C) groups is 1. The molecule has 2 rings (SSSR count). The van der Waals surface area contributed by atoms with Crippen LogP contribution in [-0.4, -0.2) is 62.8 Å². The number of carbonyl (C=O) groups is 1. The highest BCUT2D eigenvalue weighted by Crippen LogP contribution is 2.20. The highest BCUT2D eigenvalue weighted by atomic mass is 127. The molecular formula is C23H39IN4O3. The van der Waals surface area contributed by atoms with E-state index in [-0.39, 0.29) is 24.0 Å². The molecule has 1 fully saturated rings. The molecule has 1 unspecified atom stereocenters. The van der Waals surface area contributed by atoms with Gasteiger partial charge in [-0.05, 0) is 44.7 Å². The van der Waals surface area contributed by atoms with Gasteiger partial charge >= 0.3 is 0 Å². The number of benzene rings is 1. The van der Waals surface area contributed by atoms with Gasteiger partial charge in [0.15, 0.2) is 5.96 Å². The predicted molar refractivity (Wildman–Crippen MR) is 136 cm³/mol. The molecule has 1 aliphatic heterocycles. The van der Waals surface area contributed by atoms with Gasteiger partial charge in [-0.1, -0.05) is 19.1 Å². The second-order valence-corrected chi connectivity index (χ2v) is 7.55. The number of hydrogen-bond donors (Lipinski definition) is 2. The second kappa shape index (κ2) is 15.3. The minimum Gasteiger partial charge on any atom is -0.491 e. The Bertz CT molecular complexity index is 699. The van der Waals surface area contributed by atoms with Crippen molar-refractivity contribution >= 4 is 35.8 Å². The Morgan fingerprint density at radius 2 is 2.06 bits per heavy atom. The first-order chi connectivity index (χ1) is 14.6. The average molecular weight is 546 g/mol. The molecule has 0 radical (unpaired) electrons. The molecule has 1 aliphatic rings. The maximum atomic E-state index is 12.0. The number of halogens is 1. The molecule has 1 atom stereocenters. The number of rotatable bonds is 12. The second-order valence-electron chi connectivity index (χ2n) is 7.55. The molecule has 0 saturated carbocycles. The highest BCUT2D eigenvalue weighted by Gasteiger charge is 2.26. The number of guanidine groups is 1. The van der Waals surface area contributed by atoms with Crippen molar-refractivity contribution in [3.63, 3.8) is 0 Å². The summed E-state index contributed by atoms with van der Waals surface area (Å²) in [4.78, 5) is 18.4. The lowest BCUT2D eigenvalue weighted by atomic mass is 10.1. The number of aryl methyl sites for hydroxylation is 1. The van der Waals surface area contributed by atoms with Crippen molar-refractivity contribution < 1.29 is 14.3 Å². The molecule has 1 aromatic rings. The number of amides is 1. The topological polar surface area (TPSA) is 75.2 Å². The number of nitrogens with one attached hydrogen (secondary N) is 2. The quantitative estimate of drug-likeness (QED) is 0.182. The Labute approximate surface area is 204 Å². The van der Waals surface area contributed by atoms with Crippen LogP contribution >= 0.6 is 24.0 Å². The monoisotopic (exact) mass is 546 g/mol. The van der Waals surface area contributed by atoms with Crippen LogP contribution in [-0.2, 0) is 16.1 Å². The summed E-state index contributed by atoms with van der Waals surface area (Å²) < 4.78 is 11.3. The maximum Gasteiger partial charge on any atom is 0.222 e. The standard InChI is InChI=1S/C23H38N4O3.HI/c1-5-20(27-13-7-8-22(27)28)11-12-25-23(24-4)26-17-19-10-9-18(3)16-21(19)30-15-14-29-6-2;/h9-10,16,20H,5-8,11-15,17H2,1-4H3,(H2,24,25,26);1H. The highest BCUT2D eigenvalue weighted by molar-refractivity contribution is 14.0. The first-order valence-corrected chi connectivity index (χ1v) is 11.1. The summed E-state index contributed by atoms with van der Waals surface area (Å²) in [5.41, 5.74) is 2.24. The molecule has 0 bridgehead atoms. The van der Waals surface area contributed by atoms with Crippen molar-refractivity contribution in [2.75, 3.05) is 40.0 Å². The van der Waals surface area contributed by atoms with E-state index in [2.05, 4.69) is 47.7 Å². The van der Waals surface area contributed by atoms with E-state index in [1.165, 1.54) is 0 Å². The van der Waals surface area contributed by atoms with E-state index >= 15 is 0 Å². The van der Waals surface area contributed by atoms with Crippen LogP contribution < -0.4 is 15.4 Å². The van der Waals surface area contributed by atoms with E-state index in [1.54, 1.807) is 7.05 Å². The summed E-state index contributed by atoms with van der Waals surface area (Å²) >= 11 is 0. The normalized spacial score (nSPS) is 14.9. The molecule has 0 spiro atoms. The van der Waals surface area contributed by atoms with E-state index in [0.717, 1.165) is 55.2 Å². The lowest BCUT2D eigenvalue weighted by Crippen LogP contribution is -2.41. The Balaban J connectivity index is 0.00000480. The summed E-state index contributed by atoms with van der Waals surface area (Å²) in [6.45, 7) is 10.3. The zero-order chi connectivity index (χ0) is 21.8. The van der Waals surface area contributed by atoms with Gasteiger partial charge < -0.3 is 25.0 Å². The van der Waals surface area contributed by atoms with E-state index in [1.807, 2.05) is 11.8 Å². The number of likely N-dealkylation sites (tertiary alicyclic amines) is 1. The number of nitrogens with zero attached hydrogens (tertiary/aromatic N) is 2. The van der Waals surface area contributed by atoms with Crippen LogP contribution in [0, 0.1) is 6.92 Å². The molecule has 1 amide bonds. The molecule has 0 aromatic heterocycles. The van der Waals surface area contributed by atoms with E-state index in [4.69, 9.17) is 9.47 Å². The Morgan fingerprint density at radius 3 is 2.71 bits per heavy atom. The van der Waals surface area contributed by atoms with E-state index < -0.39 is 0 Å². The SMILES string of the molecule is CCOCCOc1cc(C)ccc1CNC(=NC)NCCC(CC)N1CCCC1=O.I. The molecule has 176 valence electrons. The van der Waals surface area contributed by atoms with Gasteiger partial charge in [0, 0.05) is 51.3 Å². The lowest BCUT2D eigenvalue weighted by molar-refractivity contribution is -0.129. The van der Waals surface area contributed by atoms with Gasteiger partial charge in [0.05, 0.1) is 6.61 Å². The smallest absolute Gasteiger partial charge is 0.222 e. The Morgan fingerprint density at radius 1 is 1.26 bits per heavy atom. The van der Waals surface area contributed by atoms with Crippen LogP contribution in [0.2, 0.25) is 0 Å². The fourth-order valence-corrected chi connectivity index (χ4v) is 3.69. The van der Waals surface area contributed by atoms with Crippen LogP contribution in [0.15, 0.2) is 23.2 Å². The van der Waals surface area contributed by atoms with Crippen molar-refractivity contribution in [1.29, 1.82) is 0 Å². The van der Waals surface area contributed by atoms with Gasteiger partial charge in [-0.3, -0.25) is 9.79 Å². The predicted octanol–water partition coefficient (Wildman–Crippen LogP) is 3.48. The third-order valence-corrected chi connectivity index (χ3v) is 5.37. The third kappa shape index (κ3) is 9.22. The molecule has 0 aliphatic carbocycles. The summed E-state index contributed by atoms with van der Waals surface area (Å²) in [6, 6.07) is 6.52. The van der Waals surface area contributed by atoms with Crippen molar-refractivity contribution in [1.82, 2.24) is 15.5 Å². The van der Waals surface area contributed by atoms with Crippen LogP contribution in [0.4, 0.5) is 0 Å². The van der Waals surface area contributed by atoms with Crippen LogP contribution in [0.3, 0.4) is 0 Å². The molecule has 1 saturated heterocycles. The van der Waals surface area contributed by atoms with Gasteiger partial charge in [-0.25, -0.2) is 0 Å². The van der Waals surface area contributed by atoms with Crippen molar-refractivity contribution in [3.05, 3.63) is 29.3 Å². The van der Waals surface area contributed by atoms with Gasteiger partial charge in [-0.2, -0.15) is 0 Å². The molecule has 7 nitrogen and oxygen atoms in total.